The Labute approximate surface area is 144 Å². The Morgan fingerprint density at radius 2 is 1.67 bits per heavy atom. The van der Waals surface area contributed by atoms with Crippen LogP contribution in [-0.2, 0) is 4.79 Å². The van der Waals surface area contributed by atoms with Crippen molar-refractivity contribution in [1.82, 2.24) is 5.32 Å². The zero-order chi connectivity index (χ0) is 17.5. The van der Waals surface area contributed by atoms with Gasteiger partial charge in [-0.1, -0.05) is 23.7 Å². The number of aliphatic hydroxyl groups excluding tert-OH is 1. The van der Waals surface area contributed by atoms with Crippen LogP contribution in [0.1, 0.15) is 34.9 Å². The van der Waals surface area contributed by atoms with Gasteiger partial charge in [-0.2, -0.15) is 0 Å². The van der Waals surface area contributed by atoms with Gasteiger partial charge in [0.25, 0.3) is 0 Å². The summed E-state index contributed by atoms with van der Waals surface area (Å²) in [5.41, 5.74) is 1.01. The zero-order valence-electron chi connectivity index (χ0n) is 12.8. The number of nitrogens with one attached hydrogen (secondary N) is 1. The first-order valence-electron chi connectivity index (χ1n) is 7.44. The second-order valence-corrected chi connectivity index (χ2v) is 5.74. The molecule has 0 spiro atoms. The van der Waals surface area contributed by atoms with Gasteiger partial charge in [-0.3, -0.25) is 9.59 Å². The monoisotopic (exact) mass is 349 g/mol. The summed E-state index contributed by atoms with van der Waals surface area (Å²) < 4.78 is 12.8. The summed E-state index contributed by atoms with van der Waals surface area (Å²) in [5, 5.41) is 13.0. The molecule has 6 heteroatoms. The topological polar surface area (TPSA) is 66.4 Å². The molecule has 2 aromatic carbocycles. The van der Waals surface area contributed by atoms with E-state index in [0.29, 0.717) is 16.1 Å². The Morgan fingerprint density at radius 1 is 1.04 bits per heavy atom. The minimum atomic E-state index is -0.929. The van der Waals surface area contributed by atoms with E-state index in [1.165, 1.54) is 24.3 Å². The fraction of sp³-hybridized carbons (Fsp3) is 0.222. The molecule has 0 bridgehead atoms. The van der Waals surface area contributed by atoms with Gasteiger partial charge < -0.3 is 10.4 Å². The largest absolute Gasteiger partial charge is 0.387 e. The Kier molecular flexibility index (Phi) is 6.46. The molecule has 0 radical (unpaired) electrons. The number of benzene rings is 2. The van der Waals surface area contributed by atoms with Gasteiger partial charge in [-0.15, -0.1) is 0 Å². The SMILES string of the molecule is O=C(CCC(=O)c1ccc(Cl)cc1)NCC(O)c1ccc(F)cc1. The molecule has 1 atom stereocenters. The van der Waals surface area contributed by atoms with Crippen LogP contribution in [0.4, 0.5) is 4.39 Å². The van der Waals surface area contributed by atoms with E-state index in [9.17, 15) is 19.1 Å². The molecule has 2 rings (SSSR count). The van der Waals surface area contributed by atoms with Crippen LogP contribution in [0.3, 0.4) is 0 Å². The summed E-state index contributed by atoms with van der Waals surface area (Å²) in [4.78, 5) is 23.7. The van der Waals surface area contributed by atoms with Crippen molar-refractivity contribution in [3.63, 3.8) is 0 Å². The van der Waals surface area contributed by atoms with Crippen LogP contribution in [0.5, 0.6) is 0 Å². The van der Waals surface area contributed by atoms with Crippen molar-refractivity contribution in [3.8, 4) is 0 Å². The molecule has 0 saturated carbocycles. The highest BCUT2D eigenvalue weighted by molar-refractivity contribution is 6.30. The number of Topliss-reactive ketones (excluding diaryl/α,β-unsaturated/α-hetero) is 1. The van der Waals surface area contributed by atoms with Gasteiger partial charge in [-0.25, -0.2) is 4.39 Å². The number of carbonyl (C=O) groups excluding carboxylic acids is 2. The molecule has 0 fully saturated rings. The van der Waals surface area contributed by atoms with E-state index >= 15 is 0 Å². The van der Waals surface area contributed by atoms with Gasteiger partial charge in [0.2, 0.25) is 5.91 Å². The van der Waals surface area contributed by atoms with Gasteiger partial charge in [0, 0.05) is 30.0 Å². The Balaban J connectivity index is 1.75. The van der Waals surface area contributed by atoms with E-state index < -0.39 is 11.9 Å². The molecule has 0 aliphatic heterocycles. The molecule has 0 heterocycles. The zero-order valence-corrected chi connectivity index (χ0v) is 13.6. The molecule has 2 N–H and O–H groups in total. The number of carbonyl (C=O) groups is 2. The molecule has 0 aromatic heterocycles. The molecule has 1 amide bonds. The van der Waals surface area contributed by atoms with Crippen molar-refractivity contribution < 1.29 is 19.1 Å². The van der Waals surface area contributed by atoms with Gasteiger partial charge >= 0.3 is 0 Å². The van der Waals surface area contributed by atoms with E-state index in [1.807, 2.05) is 0 Å². The molecule has 24 heavy (non-hydrogen) atoms. The molecule has 0 aliphatic rings. The third-order valence-corrected chi connectivity index (χ3v) is 3.74. The van der Waals surface area contributed by atoms with E-state index in [4.69, 9.17) is 11.6 Å². The molecule has 0 saturated heterocycles. The van der Waals surface area contributed by atoms with Crippen molar-refractivity contribution in [2.75, 3.05) is 6.54 Å². The van der Waals surface area contributed by atoms with Gasteiger partial charge in [-0.05, 0) is 42.0 Å². The van der Waals surface area contributed by atoms with Crippen LogP contribution in [0.2, 0.25) is 5.02 Å². The smallest absolute Gasteiger partial charge is 0.220 e. The first-order chi connectivity index (χ1) is 11.5. The highest BCUT2D eigenvalue weighted by Gasteiger charge is 2.12. The predicted molar refractivity (Wildman–Crippen MR) is 89.4 cm³/mol. The first-order valence-corrected chi connectivity index (χ1v) is 7.82. The van der Waals surface area contributed by atoms with Gasteiger partial charge in [0.05, 0.1) is 6.10 Å². The van der Waals surface area contributed by atoms with Crippen molar-refractivity contribution in [2.45, 2.75) is 18.9 Å². The minimum Gasteiger partial charge on any atom is -0.387 e. The lowest BCUT2D eigenvalue weighted by molar-refractivity contribution is -0.121. The third-order valence-electron chi connectivity index (χ3n) is 3.49. The number of aliphatic hydroxyl groups is 1. The number of ketones is 1. The van der Waals surface area contributed by atoms with Crippen LogP contribution in [0.15, 0.2) is 48.5 Å². The fourth-order valence-corrected chi connectivity index (χ4v) is 2.23. The maximum atomic E-state index is 12.8. The molecule has 2 aromatic rings. The molecular formula is C18H17ClFNO3. The third kappa shape index (κ3) is 5.44. The lowest BCUT2D eigenvalue weighted by atomic mass is 10.1. The van der Waals surface area contributed by atoms with E-state index in [2.05, 4.69) is 5.32 Å². The molecule has 126 valence electrons. The number of rotatable bonds is 7. The van der Waals surface area contributed by atoms with Gasteiger partial charge in [0.1, 0.15) is 5.82 Å². The average Bonchev–Trinajstić information content (AvgIpc) is 2.58. The summed E-state index contributed by atoms with van der Waals surface area (Å²) in [6.45, 7) is -0.000396. The van der Waals surface area contributed by atoms with Crippen LogP contribution in [-0.4, -0.2) is 23.3 Å². The fourth-order valence-electron chi connectivity index (χ4n) is 2.11. The number of hydrogen-bond acceptors (Lipinski definition) is 3. The minimum absolute atomic E-state index is 0.000396. The second-order valence-electron chi connectivity index (χ2n) is 5.30. The van der Waals surface area contributed by atoms with E-state index in [0.717, 1.165) is 0 Å². The Bertz CT molecular complexity index is 701. The van der Waals surface area contributed by atoms with E-state index in [-0.39, 0.29) is 31.1 Å². The maximum absolute atomic E-state index is 12.8. The van der Waals surface area contributed by atoms with Gasteiger partial charge in [0.15, 0.2) is 5.78 Å². The van der Waals surface area contributed by atoms with Crippen LogP contribution in [0, 0.1) is 5.82 Å². The normalized spacial score (nSPS) is 11.8. The summed E-state index contributed by atoms with van der Waals surface area (Å²) >= 11 is 5.75. The lowest BCUT2D eigenvalue weighted by Gasteiger charge is -2.12. The standard InChI is InChI=1S/C18H17ClFNO3/c19-14-5-1-12(2-6-14)16(22)9-10-18(24)21-11-17(23)13-3-7-15(20)8-4-13/h1-8,17,23H,9-11H2,(H,21,24). The number of amides is 1. The van der Waals surface area contributed by atoms with E-state index in [1.54, 1.807) is 24.3 Å². The quantitative estimate of drug-likeness (QED) is 0.754. The van der Waals surface area contributed by atoms with Crippen LogP contribution in [0.25, 0.3) is 0 Å². The summed E-state index contributed by atoms with van der Waals surface area (Å²) in [6, 6.07) is 11.9. The second kappa shape index (κ2) is 8.57. The summed E-state index contributed by atoms with van der Waals surface area (Å²) in [5.74, 6) is -0.880. The van der Waals surface area contributed by atoms with Crippen LogP contribution >= 0.6 is 11.6 Å². The Morgan fingerprint density at radius 3 is 2.29 bits per heavy atom. The van der Waals surface area contributed by atoms with Crippen molar-refractivity contribution in [1.29, 1.82) is 0 Å². The predicted octanol–water partition coefficient (Wildman–Crippen LogP) is 3.29. The summed E-state index contributed by atoms with van der Waals surface area (Å²) in [7, 11) is 0. The van der Waals surface area contributed by atoms with Crippen molar-refractivity contribution >= 4 is 23.3 Å². The average molecular weight is 350 g/mol. The maximum Gasteiger partial charge on any atom is 0.220 e. The molecule has 0 aliphatic carbocycles. The number of halogens is 2. The van der Waals surface area contributed by atoms with Crippen molar-refractivity contribution in [2.24, 2.45) is 0 Å². The highest BCUT2D eigenvalue weighted by Crippen LogP contribution is 2.13. The lowest BCUT2D eigenvalue weighted by Crippen LogP contribution is -2.28. The Hall–Kier alpha value is -2.24. The molecule has 4 nitrogen and oxygen atoms in total. The molecule has 1 unspecified atom stereocenters. The highest BCUT2D eigenvalue weighted by atomic mass is 35.5. The first kappa shape index (κ1) is 18.1. The van der Waals surface area contributed by atoms with Crippen molar-refractivity contribution in [3.05, 3.63) is 70.5 Å². The van der Waals surface area contributed by atoms with Crippen LogP contribution < -0.4 is 5.32 Å². The molecular weight excluding hydrogens is 333 g/mol. The number of hydrogen-bond donors (Lipinski definition) is 2. The summed E-state index contributed by atoms with van der Waals surface area (Å²) in [6.07, 6.45) is -0.834.